The number of amides is 1. The van der Waals surface area contributed by atoms with Crippen LogP contribution in [0.25, 0.3) is 11.0 Å². The number of nitrogens with one attached hydrogen (secondary N) is 1. The third-order valence-electron chi connectivity index (χ3n) is 4.36. The summed E-state index contributed by atoms with van der Waals surface area (Å²) in [6.07, 6.45) is 5.95. The van der Waals surface area contributed by atoms with E-state index >= 15 is 0 Å². The number of para-hydroxylation sites is 2. The van der Waals surface area contributed by atoms with Crippen molar-refractivity contribution in [1.82, 2.24) is 15.3 Å². The van der Waals surface area contributed by atoms with Gasteiger partial charge in [0.25, 0.3) is 5.91 Å². The maximum absolute atomic E-state index is 12.3. The highest BCUT2D eigenvalue weighted by Gasteiger charge is 2.27. The van der Waals surface area contributed by atoms with Gasteiger partial charge in [-0.05, 0) is 43.2 Å². The van der Waals surface area contributed by atoms with Gasteiger partial charge in [0.1, 0.15) is 5.69 Å². The molecule has 1 aliphatic carbocycles. The maximum atomic E-state index is 12.3. The molecule has 21 heavy (non-hydrogen) atoms. The second-order valence-electron chi connectivity index (χ2n) is 6.66. The minimum atomic E-state index is -0.113. The van der Waals surface area contributed by atoms with Crippen LogP contribution < -0.4 is 5.32 Å². The molecule has 4 heteroatoms. The highest BCUT2D eigenvalue weighted by molar-refractivity contribution is 5.93. The summed E-state index contributed by atoms with van der Waals surface area (Å²) in [6, 6.07) is 7.86. The molecule has 3 rings (SSSR count). The molecule has 1 saturated carbocycles. The molecule has 2 aromatic rings. The number of carbonyl (C=O) groups excluding carboxylic acids is 1. The Morgan fingerprint density at radius 1 is 1.19 bits per heavy atom. The lowest BCUT2D eigenvalue weighted by atomic mass is 9.75. The van der Waals surface area contributed by atoms with Crippen LogP contribution in [0.5, 0.6) is 0 Å². The molecule has 1 heterocycles. The average Bonchev–Trinajstić information content (AvgIpc) is 2.49. The SMILES string of the molecule is CC1(C)CCC(NC(=O)c2cnc3ccccc3n2)CC1. The molecule has 0 radical (unpaired) electrons. The Balaban J connectivity index is 1.69. The topological polar surface area (TPSA) is 54.9 Å². The summed E-state index contributed by atoms with van der Waals surface area (Å²) >= 11 is 0. The van der Waals surface area contributed by atoms with Gasteiger partial charge in [0.05, 0.1) is 17.2 Å². The third kappa shape index (κ3) is 3.20. The fraction of sp³-hybridized carbons (Fsp3) is 0.471. The van der Waals surface area contributed by atoms with Gasteiger partial charge < -0.3 is 5.32 Å². The van der Waals surface area contributed by atoms with Gasteiger partial charge in [-0.25, -0.2) is 4.98 Å². The zero-order chi connectivity index (χ0) is 14.9. The fourth-order valence-corrected chi connectivity index (χ4v) is 2.87. The van der Waals surface area contributed by atoms with Crippen LogP contribution in [0.15, 0.2) is 30.5 Å². The number of carbonyl (C=O) groups is 1. The van der Waals surface area contributed by atoms with Crippen molar-refractivity contribution in [1.29, 1.82) is 0 Å². The van der Waals surface area contributed by atoms with Gasteiger partial charge in [0.15, 0.2) is 0 Å². The number of rotatable bonds is 2. The number of aromatic nitrogens is 2. The van der Waals surface area contributed by atoms with Crippen LogP contribution in [0, 0.1) is 5.41 Å². The van der Waals surface area contributed by atoms with Crippen LogP contribution in [0.1, 0.15) is 50.0 Å². The van der Waals surface area contributed by atoms with Crippen LogP contribution in [-0.2, 0) is 0 Å². The Hall–Kier alpha value is -1.97. The van der Waals surface area contributed by atoms with Crippen molar-refractivity contribution >= 4 is 16.9 Å². The lowest BCUT2D eigenvalue weighted by molar-refractivity contribution is 0.0904. The van der Waals surface area contributed by atoms with Crippen molar-refractivity contribution in [2.75, 3.05) is 0 Å². The second kappa shape index (κ2) is 5.43. The van der Waals surface area contributed by atoms with Gasteiger partial charge in [-0.15, -0.1) is 0 Å². The van der Waals surface area contributed by atoms with Crippen molar-refractivity contribution < 1.29 is 4.79 Å². The monoisotopic (exact) mass is 283 g/mol. The van der Waals surface area contributed by atoms with Crippen LogP contribution in [0.3, 0.4) is 0 Å². The molecule has 0 saturated heterocycles. The molecule has 0 atom stereocenters. The Morgan fingerprint density at radius 3 is 2.57 bits per heavy atom. The van der Waals surface area contributed by atoms with Gasteiger partial charge >= 0.3 is 0 Å². The summed E-state index contributed by atoms with van der Waals surface area (Å²) in [5.41, 5.74) is 2.38. The summed E-state index contributed by atoms with van der Waals surface area (Å²) in [6.45, 7) is 4.58. The Morgan fingerprint density at radius 2 is 1.86 bits per heavy atom. The molecule has 1 aromatic carbocycles. The standard InChI is InChI=1S/C17H21N3O/c1-17(2)9-7-12(8-10-17)19-16(21)15-11-18-13-5-3-4-6-14(13)20-15/h3-6,11-12H,7-10H2,1-2H3,(H,19,21). The first kappa shape index (κ1) is 14.0. The van der Waals surface area contributed by atoms with Crippen molar-refractivity contribution in [2.24, 2.45) is 5.41 Å². The minimum absolute atomic E-state index is 0.113. The first-order valence-corrected chi connectivity index (χ1v) is 7.56. The summed E-state index contributed by atoms with van der Waals surface area (Å²) in [5, 5.41) is 3.10. The highest BCUT2D eigenvalue weighted by Crippen LogP contribution is 2.35. The molecule has 0 unspecified atom stereocenters. The molecular weight excluding hydrogens is 262 g/mol. The number of hydrogen-bond donors (Lipinski definition) is 1. The van der Waals surface area contributed by atoms with E-state index in [4.69, 9.17) is 0 Å². The van der Waals surface area contributed by atoms with Gasteiger partial charge in [0, 0.05) is 6.04 Å². The molecule has 1 fully saturated rings. The molecule has 0 bridgehead atoms. The summed E-state index contributed by atoms with van der Waals surface area (Å²) < 4.78 is 0. The second-order valence-corrected chi connectivity index (χ2v) is 6.66. The summed E-state index contributed by atoms with van der Waals surface area (Å²) in [4.78, 5) is 21.0. The lowest BCUT2D eigenvalue weighted by Crippen LogP contribution is -2.39. The lowest BCUT2D eigenvalue weighted by Gasteiger charge is -2.34. The molecule has 1 aliphatic rings. The Labute approximate surface area is 125 Å². The molecule has 0 spiro atoms. The minimum Gasteiger partial charge on any atom is -0.348 e. The highest BCUT2D eigenvalue weighted by atomic mass is 16.1. The first-order valence-electron chi connectivity index (χ1n) is 7.56. The van der Waals surface area contributed by atoms with Crippen LogP contribution in [0.2, 0.25) is 0 Å². The Kier molecular flexibility index (Phi) is 3.62. The predicted molar refractivity (Wildman–Crippen MR) is 83.0 cm³/mol. The van der Waals surface area contributed by atoms with Crippen molar-refractivity contribution in [2.45, 2.75) is 45.6 Å². The first-order chi connectivity index (χ1) is 10.0. The van der Waals surface area contributed by atoms with Gasteiger partial charge in [-0.2, -0.15) is 0 Å². The van der Waals surface area contributed by atoms with Crippen molar-refractivity contribution in [3.05, 3.63) is 36.2 Å². The van der Waals surface area contributed by atoms with E-state index in [1.165, 1.54) is 0 Å². The zero-order valence-electron chi connectivity index (χ0n) is 12.6. The summed E-state index contributed by atoms with van der Waals surface area (Å²) in [5.74, 6) is -0.113. The van der Waals surface area contributed by atoms with Crippen LogP contribution in [-0.4, -0.2) is 21.9 Å². The van der Waals surface area contributed by atoms with E-state index in [9.17, 15) is 4.79 Å². The van der Waals surface area contributed by atoms with E-state index in [0.29, 0.717) is 11.1 Å². The molecule has 0 aliphatic heterocycles. The molecule has 1 aromatic heterocycles. The van der Waals surface area contributed by atoms with E-state index in [1.807, 2.05) is 24.3 Å². The van der Waals surface area contributed by atoms with Crippen LogP contribution in [0.4, 0.5) is 0 Å². The smallest absolute Gasteiger partial charge is 0.271 e. The average molecular weight is 283 g/mol. The largest absolute Gasteiger partial charge is 0.348 e. The normalized spacial score (nSPS) is 18.6. The molecule has 1 N–H and O–H groups in total. The van der Waals surface area contributed by atoms with Crippen molar-refractivity contribution in [3.63, 3.8) is 0 Å². The zero-order valence-corrected chi connectivity index (χ0v) is 12.6. The number of fused-ring (bicyclic) bond motifs is 1. The Bertz CT molecular complexity index is 656. The molecule has 4 nitrogen and oxygen atoms in total. The summed E-state index contributed by atoms with van der Waals surface area (Å²) in [7, 11) is 0. The van der Waals surface area contributed by atoms with Gasteiger partial charge in [-0.1, -0.05) is 26.0 Å². The van der Waals surface area contributed by atoms with E-state index in [2.05, 4.69) is 29.1 Å². The quantitative estimate of drug-likeness (QED) is 0.919. The fourth-order valence-electron chi connectivity index (χ4n) is 2.87. The van der Waals surface area contributed by atoms with E-state index in [1.54, 1.807) is 6.20 Å². The maximum Gasteiger partial charge on any atom is 0.271 e. The predicted octanol–water partition coefficient (Wildman–Crippen LogP) is 3.33. The van der Waals surface area contributed by atoms with Gasteiger partial charge in [0.2, 0.25) is 0 Å². The van der Waals surface area contributed by atoms with E-state index < -0.39 is 0 Å². The van der Waals surface area contributed by atoms with Crippen molar-refractivity contribution in [3.8, 4) is 0 Å². The third-order valence-corrected chi connectivity index (χ3v) is 4.36. The molecular formula is C17H21N3O. The van der Waals surface area contributed by atoms with E-state index in [-0.39, 0.29) is 11.9 Å². The van der Waals surface area contributed by atoms with E-state index in [0.717, 1.165) is 36.7 Å². The molecule has 1 amide bonds. The molecule has 110 valence electrons. The number of nitrogens with zero attached hydrogens (tertiary/aromatic N) is 2. The number of benzene rings is 1. The number of hydrogen-bond acceptors (Lipinski definition) is 3. The van der Waals surface area contributed by atoms with Gasteiger partial charge in [-0.3, -0.25) is 9.78 Å². The van der Waals surface area contributed by atoms with Crippen LogP contribution >= 0.6 is 0 Å².